The number of nitrogens with zero attached hydrogens (tertiary/aromatic N) is 6. The quantitative estimate of drug-likeness (QED) is 0.0484. The minimum absolute atomic E-state index is 0. The van der Waals surface area contributed by atoms with Gasteiger partial charge in [-0.15, -0.1) is 55.7 Å². The molecule has 632 valence electrons. The number of fused-ring (bicyclic) bond motifs is 15. The number of hydrogen-bond donors (Lipinski definition) is 2. The molecule has 0 saturated heterocycles. The van der Waals surface area contributed by atoms with Crippen molar-refractivity contribution in [1.82, 2.24) is 24.5 Å². The molecular formula is C115H94BBiFIrN6O2PS-. The third kappa shape index (κ3) is 18.7. The molecule has 0 aliphatic heterocycles. The molecule has 4 radical (unpaired) electrons. The Morgan fingerprint density at radius 3 is 1.57 bits per heavy atom. The van der Waals surface area contributed by atoms with E-state index < -0.39 is 0 Å². The van der Waals surface area contributed by atoms with Gasteiger partial charge in [-0.25, -0.2) is 14.4 Å². The summed E-state index contributed by atoms with van der Waals surface area (Å²) in [5, 5.41) is 27.0. The van der Waals surface area contributed by atoms with E-state index in [4.69, 9.17) is 20.2 Å². The van der Waals surface area contributed by atoms with Crippen LogP contribution in [0.1, 0.15) is 56.4 Å². The number of aliphatic hydroxyl groups is 2. The smallest absolute Gasteiger partial charge is 0.0979 e. The summed E-state index contributed by atoms with van der Waals surface area (Å²) in [6.45, 7) is 12.2. The zero-order chi connectivity index (χ0) is 87.1. The normalized spacial score (nSPS) is 12.2. The van der Waals surface area contributed by atoms with Crippen LogP contribution in [0.2, 0.25) is 0 Å². The molecule has 8 nitrogen and oxygen atoms in total. The Morgan fingerprint density at radius 1 is 0.426 bits per heavy atom. The van der Waals surface area contributed by atoms with E-state index in [0.717, 1.165) is 83.8 Å². The van der Waals surface area contributed by atoms with Crippen molar-refractivity contribution in [1.29, 1.82) is 0 Å². The van der Waals surface area contributed by atoms with Crippen molar-refractivity contribution in [3.63, 3.8) is 0 Å². The molecule has 0 amide bonds. The molecule has 0 spiro atoms. The Labute approximate surface area is 792 Å². The van der Waals surface area contributed by atoms with Gasteiger partial charge in [0.15, 0.2) is 0 Å². The summed E-state index contributed by atoms with van der Waals surface area (Å²) in [6.07, 6.45) is 2.90. The van der Waals surface area contributed by atoms with Gasteiger partial charge < -0.3 is 19.7 Å². The fraction of sp³-hybridized carbons (Fsp3) is 0.0957. The Bertz CT molecular complexity index is 7500. The van der Waals surface area contributed by atoms with Crippen molar-refractivity contribution in [2.24, 2.45) is 0 Å². The molecule has 4 aromatic heterocycles. The fourth-order valence-electron chi connectivity index (χ4n) is 17.8. The molecule has 129 heavy (non-hydrogen) atoms. The summed E-state index contributed by atoms with van der Waals surface area (Å²) < 4.78 is 15.6. The summed E-state index contributed by atoms with van der Waals surface area (Å²) in [4.78, 5) is 21.5. The number of rotatable bonds is 14. The molecule has 1 aliphatic rings. The first-order valence-corrected chi connectivity index (χ1v) is 45.0. The number of aryl methyl sites for hydroxylation is 1. The van der Waals surface area contributed by atoms with Crippen LogP contribution in [0.15, 0.2) is 395 Å². The molecule has 21 aromatic rings. The van der Waals surface area contributed by atoms with Gasteiger partial charge in [0, 0.05) is 101 Å². The number of para-hydroxylation sites is 2. The van der Waals surface area contributed by atoms with Crippen molar-refractivity contribution < 1.29 is 34.7 Å². The number of aromatic nitrogens is 5. The maximum Gasteiger partial charge on any atom is 0.0979 e. The van der Waals surface area contributed by atoms with Crippen LogP contribution >= 0.6 is 19.8 Å². The number of hydrogen-bond acceptors (Lipinski definition) is 8. The monoisotopic (exact) mass is 2090 g/mol. The van der Waals surface area contributed by atoms with Crippen LogP contribution in [0.5, 0.6) is 0 Å². The molecule has 4 heterocycles. The Balaban J connectivity index is 0.000000143. The molecule has 0 saturated carbocycles. The standard InChI is InChI=1S/C51H38N2.C40H24N2S.C18H15N2.C5H12O2.CH3BFP.Bi.Ir.2H/c1-51(2)47-19-11-9-17-43(47)44-31-30-42(34-48(44)51)52(40-26-21-36(22-27-40)35-13-5-3-6-14-35)41-28-23-37(24-29-41)38-25-32-50-46(33-38)45-18-10-12-20-49(45)53(50)39-15-7-4-8-16-39;1-3-17-33-30(14-1)31-15-2-4-18-34(31)39-38(33)41-24-36(42-39)28-13-8-11-26(23-28)25-10-7-12-27(22-25)29-19-9-20-35-32-16-5-6-21-37(32)43-40(29)35;1-13-8-6-7-11-16(13)18-14(2)17(19-12-20-18)15-9-4-3-5-10-15;1-4(6)3-5(2)7;2-4-1-3;;;;/h3-34H,1-2H3;1-24H;3-9,11-12H,1-2H3;4-7H,3H2,1-2H3;4H,1H2;;;;/q;;-1;;;;;;. The van der Waals surface area contributed by atoms with Crippen LogP contribution in [0.4, 0.5) is 21.5 Å². The fourth-order valence-corrected chi connectivity index (χ4v) is 19.1. The second kappa shape index (κ2) is 40.4. The van der Waals surface area contributed by atoms with Crippen molar-refractivity contribution in [3.8, 4) is 95.1 Å². The number of benzene rings is 17. The minimum Gasteiger partial charge on any atom is -0.252 e. The SMILES string of the molecule is CC(O)CC(C)O.CC1(C)c2ccccc2-c2ccc(N(c3ccc(-c4ccccc4)cc3)c3ccc(-c4ccc5c(c4)c4ccccc4n5-c4ccccc4)cc3)cc21.Cc1ccccc1-c1ncnc(-c2[c-]cccc2)c1C.[B]PCF.[BiH2].[Ir].c1cc(-c2cccc(-c3cccc4c3sc3ccccc34)c2)cc(-c2cnc3c4ccccc4c4ccccc4c3n2)c1. The number of anilines is 3. The third-order valence-electron chi connectivity index (χ3n) is 23.9. The van der Waals surface area contributed by atoms with E-state index in [0.29, 0.717) is 6.42 Å². The van der Waals surface area contributed by atoms with Crippen LogP contribution in [0.3, 0.4) is 0 Å². The van der Waals surface area contributed by atoms with E-state index in [2.05, 4.69) is 407 Å². The molecule has 3 unspecified atom stereocenters. The maximum absolute atomic E-state index is 10.6. The zero-order valence-corrected chi connectivity index (χ0v) is 81.1. The summed E-state index contributed by atoms with van der Waals surface area (Å²) in [5.74, 6) is 0. The van der Waals surface area contributed by atoms with Gasteiger partial charge in [0.05, 0.1) is 58.3 Å². The van der Waals surface area contributed by atoms with E-state index >= 15 is 0 Å². The Kier molecular flexibility index (Phi) is 28.1. The first-order valence-electron chi connectivity index (χ1n) is 42.9. The maximum atomic E-state index is 10.6. The Hall–Kier alpha value is -12.6. The summed E-state index contributed by atoms with van der Waals surface area (Å²) >= 11 is 1.87. The van der Waals surface area contributed by atoms with Crippen LogP contribution in [0, 0.1) is 19.9 Å². The third-order valence-corrected chi connectivity index (χ3v) is 25.3. The topological polar surface area (TPSA) is 100 Å². The summed E-state index contributed by atoms with van der Waals surface area (Å²) in [5.41, 5.74) is 32.2. The molecule has 14 heteroatoms. The summed E-state index contributed by atoms with van der Waals surface area (Å²) in [7, 11) is 4.65. The van der Waals surface area contributed by atoms with E-state index in [1.165, 1.54) is 125 Å². The van der Waals surface area contributed by atoms with E-state index in [1.807, 2.05) is 53.9 Å². The molecule has 17 aromatic carbocycles. The molecule has 0 fully saturated rings. The van der Waals surface area contributed by atoms with Crippen LogP contribution < -0.4 is 4.90 Å². The van der Waals surface area contributed by atoms with Crippen molar-refractivity contribution in [3.05, 3.63) is 423 Å². The molecule has 0 bridgehead atoms. The molecule has 1 aliphatic carbocycles. The van der Waals surface area contributed by atoms with Gasteiger partial charge >= 0.3 is 26.2 Å². The predicted octanol–water partition coefficient (Wildman–Crippen LogP) is 29.3. The van der Waals surface area contributed by atoms with Gasteiger partial charge in [-0.2, -0.15) is 0 Å². The molecule has 2 N–H and O–H groups in total. The molecule has 22 rings (SSSR count). The van der Waals surface area contributed by atoms with Gasteiger partial charge in [0.2, 0.25) is 0 Å². The van der Waals surface area contributed by atoms with Crippen molar-refractivity contribution in [2.45, 2.75) is 65.6 Å². The van der Waals surface area contributed by atoms with Gasteiger partial charge in [-0.3, -0.25) is 9.97 Å². The second-order valence-electron chi connectivity index (χ2n) is 32.7. The zero-order valence-electron chi connectivity index (χ0n) is 72.4. The largest absolute Gasteiger partial charge is 0.252 e. The molecule has 3 atom stereocenters. The van der Waals surface area contributed by atoms with Crippen LogP contribution in [-0.4, -0.2) is 87.1 Å². The van der Waals surface area contributed by atoms with Crippen LogP contribution in [0.25, 0.3) is 170 Å². The van der Waals surface area contributed by atoms with E-state index in [1.54, 1.807) is 20.2 Å². The number of thiophene rings is 1. The van der Waals surface area contributed by atoms with E-state index in [9.17, 15) is 4.39 Å². The van der Waals surface area contributed by atoms with Crippen molar-refractivity contribution >= 4 is 145 Å². The first-order chi connectivity index (χ1) is 62.2. The average molecular weight is 2090 g/mol. The van der Waals surface area contributed by atoms with Crippen LogP contribution in [-0.2, 0) is 25.5 Å². The van der Waals surface area contributed by atoms with Crippen molar-refractivity contribution in [2.75, 3.05) is 11.3 Å². The minimum atomic E-state index is -0.375. The predicted molar refractivity (Wildman–Crippen MR) is 545 cm³/mol. The number of alkyl halides is 1. The summed E-state index contributed by atoms with van der Waals surface area (Å²) in [6, 6.07) is 140. The number of aliphatic hydroxyl groups excluding tert-OH is 2. The average Bonchev–Trinajstić information content (AvgIpc) is 1.43. The number of halogens is 1. The van der Waals surface area contributed by atoms with Gasteiger partial charge in [-0.05, 0) is 213 Å². The van der Waals surface area contributed by atoms with Gasteiger partial charge in [-0.1, -0.05) is 287 Å². The molecular weight excluding hydrogens is 1990 g/mol. The van der Waals surface area contributed by atoms with Gasteiger partial charge in [0.1, 0.15) is 13.9 Å². The first kappa shape index (κ1) is 89.8. The second-order valence-corrected chi connectivity index (χ2v) is 34.4. The van der Waals surface area contributed by atoms with E-state index in [-0.39, 0.29) is 78.8 Å². The Morgan fingerprint density at radius 2 is 0.915 bits per heavy atom. The van der Waals surface area contributed by atoms with Gasteiger partial charge in [0.25, 0.3) is 0 Å².